The second-order valence-corrected chi connectivity index (χ2v) is 4.95. The summed E-state index contributed by atoms with van der Waals surface area (Å²) >= 11 is 0. The van der Waals surface area contributed by atoms with E-state index in [2.05, 4.69) is 6.07 Å². The van der Waals surface area contributed by atoms with Gasteiger partial charge in [0.05, 0.1) is 11.5 Å². The van der Waals surface area contributed by atoms with E-state index in [0.29, 0.717) is 6.42 Å². The normalized spacial score (nSPS) is 24.4. The molecule has 1 heterocycles. The first-order valence-electron chi connectivity index (χ1n) is 5.78. The number of rotatable bonds is 2. The van der Waals surface area contributed by atoms with Crippen LogP contribution in [0.5, 0.6) is 0 Å². The molecule has 0 bridgehead atoms. The highest BCUT2D eigenvalue weighted by atomic mass is 16.2. The number of fused-ring (bicyclic) bond motifs is 1. The zero-order valence-electron chi connectivity index (χ0n) is 10.4. The van der Waals surface area contributed by atoms with E-state index < -0.39 is 5.41 Å². The van der Waals surface area contributed by atoms with Gasteiger partial charge in [0.15, 0.2) is 0 Å². The van der Waals surface area contributed by atoms with E-state index >= 15 is 0 Å². The van der Waals surface area contributed by atoms with Crippen LogP contribution in [0.4, 0.5) is 5.69 Å². The summed E-state index contributed by atoms with van der Waals surface area (Å²) in [6, 6.07) is 10.0. The lowest BCUT2D eigenvalue weighted by Gasteiger charge is -2.24. The maximum absolute atomic E-state index is 12.4. The highest BCUT2D eigenvalue weighted by molar-refractivity contribution is 6.07. The van der Waals surface area contributed by atoms with Crippen LogP contribution in [0.2, 0.25) is 0 Å². The number of nitrogens with zero attached hydrogens (tertiary/aromatic N) is 2. The molecular weight excluding hydrogens is 212 g/mol. The lowest BCUT2D eigenvalue weighted by atomic mass is 9.77. The van der Waals surface area contributed by atoms with Gasteiger partial charge in [-0.05, 0) is 31.9 Å². The van der Waals surface area contributed by atoms with Gasteiger partial charge in [0, 0.05) is 18.7 Å². The molecule has 0 fully saturated rings. The van der Waals surface area contributed by atoms with Gasteiger partial charge in [-0.3, -0.25) is 4.79 Å². The second kappa shape index (κ2) is 3.89. The Kier molecular flexibility index (Phi) is 2.66. The smallest absolute Gasteiger partial charge is 0.237 e. The lowest BCUT2D eigenvalue weighted by molar-refractivity contribution is -0.122. The molecule has 1 aromatic rings. The van der Waals surface area contributed by atoms with E-state index in [-0.39, 0.29) is 11.8 Å². The first kappa shape index (κ1) is 11.7. The summed E-state index contributed by atoms with van der Waals surface area (Å²) in [4.78, 5) is 14.0. The van der Waals surface area contributed by atoms with Crippen molar-refractivity contribution in [3.8, 4) is 6.07 Å². The van der Waals surface area contributed by atoms with Crippen LogP contribution in [0.3, 0.4) is 0 Å². The third kappa shape index (κ3) is 1.61. The van der Waals surface area contributed by atoms with Crippen molar-refractivity contribution in [2.45, 2.75) is 25.7 Å². The molecule has 0 aliphatic carbocycles. The summed E-state index contributed by atoms with van der Waals surface area (Å²) in [5, 5.41) is 8.93. The van der Waals surface area contributed by atoms with E-state index in [1.165, 1.54) is 0 Å². The van der Waals surface area contributed by atoms with Gasteiger partial charge >= 0.3 is 0 Å². The molecule has 0 spiro atoms. The van der Waals surface area contributed by atoms with E-state index in [0.717, 1.165) is 11.3 Å². The van der Waals surface area contributed by atoms with Crippen molar-refractivity contribution < 1.29 is 4.79 Å². The lowest BCUT2D eigenvalue weighted by Crippen LogP contribution is -2.37. The quantitative estimate of drug-likeness (QED) is 0.780. The summed E-state index contributed by atoms with van der Waals surface area (Å²) in [7, 11) is 1.80. The Hall–Kier alpha value is -1.82. The Morgan fingerprint density at radius 1 is 1.47 bits per heavy atom. The molecule has 17 heavy (non-hydrogen) atoms. The summed E-state index contributed by atoms with van der Waals surface area (Å²) in [6.07, 6.45) is 0.573. The average Bonchev–Trinajstić information content (AvgIpc) is 2.53. The Labute approximate surface area is 102 Å². The number of nitriles is 1. The Bertz CT molecular complexity index is 503. The van der Waals surface area contributed by atoms with Gasteiger partial charge < -0.3 is 4.90 Å². The molecule has 0 N–H and O–H groups in total. The largest absolute Gasteiger partial charge is 0.314 e. The third-order valence-corrected chi connectivity index (χ3v) is 3.57. The monoisotopic (exact) mass is 228 g/mol. The molecule has 1 amide bonds. The van der Waals surface area contributed by atoms with Crippen LogP contribution in [0.1, 0.15) is 25.8 Å². The van der Waals surface area contributed by atoms with E-state index in [1.807, 2.05) is 38.1 Å². The van der Waals surface area contributed by atoms with Crippen LogP contribution in [0, 0.1) is 17.2 Å². The highest BCUT2D eigenvalue weighted by Gasteiger charge is 2.46. The topological polar surface area (TPSA) is 44.1 Å². The summed E-state index contributed by atoms with van der Waals surface area (Å²) in [5.41, 5.74) is 1.44. The van der Waals surface area contributed by atoms with Crippen molar-refractivity contribution >= 4 is 11.6 Å². The van der Waals surface area contributed by atoms with E-state index in [1.54, 1.807) is 11.9 Å². The van der Waals surface area contributed by atoms with Crippen LogP contribution in [-0.2, 0) is 10.2 Å². The molecule has 3 nitrogen and oxygen atoms in total. The van der Waals surface area contributed by atoms with Crippen LogP contribution < -0.4 is 4.90 Å². The zero-order valence-corrected chi connectivity index (χ0v) is 10.4. The minimum atomic E-state index is -0.555. The van der Waals surface area contributed by atoms with Gasteiger partial charge in [0.2, 0.25) is 5.91 Å². The molecule has 0 saturated carbocycles. The standard InChI is InChI=1S/C14H16N2O/c1-10(9-15)8-14(2)11-6-4-5-7-12(11)16(3)13(14)17/h4-7,10H,8H2,1-3H3. The average molecular weight is 228 g/mol. The van der Waals surface area contributed by atoms with Crippen LogP contribution in [0.15, 0.2) is 24.3 Å². The fourth-order valence-electron chi connectivity index (χ4n) is 2.68. The molecule has 2 unspecified atom stereocenters. The third-order valence-electron chi connectivity index (χ3n) is 3.57. The molecule has 0 radical (unpaired) electrons. The number of hydrogen-bond donors (Lipinski definition) is 0. The highest BCUT2D eigenvalue weighted by Crippen LogP contribution is 2.44. The molecule has 2 rings (SSSR count). The number of benzene rings is 1. The van der Waals surface area contributed by atoms with Crippen molar-refractivity contribution in [3.63, 3.8) is 0 Å². The number of anilines is 1. The van der Waals surface area contributed by atoms with Crippen LogP contribution in [-0.4, -0.2) is 13.0 Å². The fraction of sp³-hybridized carbons (Fsp3) is 0.429. The van der Waals surface area contributed by atoms with E-state index in [4.69, 9.17) is 5.26 Å². The van der Waals surface area contributed by atoms with Gasteiger partial charge in [-0.15, -0.1) is 0 Å². The van der Waals surface area contributed by atoms with Crippen molar-refractivity contribution in [2.24, 2.45) is 5.92 Å². The number of para-hydroxylation sites is 1. The first-order chi connectivity index (χ1) is 8.00. The van der Waals surface area contributed by atoms with Crippen molar-refractivity contribution in [3.05, 3.63) is 29.8 Å². The van der Waals surface area contributed by atoms with Crippen LogP contribution in [0.25, 0.3) is 0 Å². The molecule has 1 aromatic carbocycles. The van der Waals surface area contributed by atoms with Gasteiger partial charge in [-0.25, -0.2) is 0 Å². The SMILES string of the molecule is CC(C#N)CC1(C)C(=O)N(C)c2ccccc21. The Morgan fingerprint density at radius 2 is 2.12 bits per heavy atom. The fourth-order valence-corrected chi connectivity index (χ4v) is 2.68. The minimum absolute atomic E-state index is 0.0841. The molecule has 2 atom stereocenters. The zero-order chi connectivity index (χ0) is 12.6. The maximum atomic E-state index is 12.4. The Balaban J connectivity index is 2.49. The minimum Gasteiger partial charge on any atom is -0.314 e. The number of likely N-dealkylation sites (N-methyl/N-ethyl adjacent to an activating group) is 1. The van der Waals surface area contributed by atoms with Gasteiger partial charge in [0.25, 0.3) is 0 Å². The first-order valence-corrected chi connectivity index (χ1v) is 5.78. The molecular formula is C14H16N2O. The number of hydrogen-bond acceptors (Lipinski definition) is 2. The predicted molar refractivity (Wildman–Crippen MR) is 66.6 cm³/mol. The molecule has 88 valence electrons. The summed E-state index contributed by atoms with van der Waals surface area (Å²) in [5.74, 6) is -0.0377. The molecule has 1 aliphatic heterocycles. The Morgan fingerprint density at radius 3 is 2.76 bits per heavy atom. The number of carbonyl (C=O) groups is 1. The van der Waals surface area contributed by atoms with Crippen molar-refractivity contribution in [2.75, 3.05) is 11.9 Å². The second-order valence-electron chi connectivity index (χ2n) is 4.95. The number of amides is 1. The van der Waals surface area contributed by atoms with Gasteiger partial charge in [0.1, 0.15) is 0 Å². The van der Waals surface area contributed by atoms with Crippen molar-refractivity contribution in [1.82, 2.24) is 0 Å². The summed E-state index contributed by atoms with van der Waals surface area (Å²) in [6.45, 7) is 3.80. The van der Waals surface area contributed by atoms with Gasteiger partial charge in [-0.1, -0.05) is 18.2 Å². The van der Waals surface area contributed by atoms with Crippen LogP contribution >= 0.6 is 0 Å². The van der Waals surface area contributed by atoms with Gasteiger partial charge in [-0.2, -0.15) is 5.26 Å². The molecule has 0 aromatic heterocycles. The molecule has 0 saturated heterocycles. The molecule has 1 aliphatic rings. The maximum Gasteiger partial charge on any atom is 0.237 e. The van der Waals surface area contributed by atoms with E-state index in [9.17, 15) is 4.79 Å². The summed E-state index contributed by atoms with van der Waals surface area (Å²) < 4.78 is 0. The predicted octanol–water partition coefficient (Wildman–Crippen LogP) is 2.47. The molecule has 3 heteroatoms. The van der Waals surface area contributed by atoms with Crippen molar-refractivity contribution in [1.29, 1.82) is 5.26 Å². The number of carbonyl (C=O) groups excluding carboxylic acids is 1.